The normalized spacial score (nSPS) is 16.1. The van der Waals surface area contributed by atoms with Crippen molar-refractivity contribution in [2.45, 2.75) is 30.1 Å². The van der Waals surface area contributed by atoms with Gasteiger partial charge in [0.2, 0.25) is 0 Å². The number of nitrogens with zero attached hydrogens (tertiary/aromatic N) is 1. The highest BCUT2D eigenvalue weighted by Crippen LogP contribution is 2.47. The largest absolute Gasteiger partial charge is 0.465 e. The number of benzene rings is 2. The molecule has 0 radical (unpaired) electrons. The van der Waals surface area contributed by atoms with Gasteiger partial charge < -0.3 is 4.74 Å². The van der Waals surface area contributed by atoms with Crippen LogP contribution in [0.5, 0.6) is 0 Å². The van der Waals surface area contributed by atoms with Gasteiger partial charge in [0.15, 0.2) is 0 Å². The number of hydrogen-bond donors (Lipinski definition) is 0. The Morgan fingerprint density at radius 2 is 1.58 bits per heavy atom. The number of rotatable bonds is 6. The van der Waals surface area contributed by atoms with E-state index in [0.717, 1.165) is 29.7 Å². The van der Waals surface area contributed by atoms with Crippen molar-refractivity contribution in [2.24, 2.45) is 4.99 Å². The first-order valence-electron chi connectivity index (χ1n) is 8.18. The van der Waals surface area contributed by atoms with Crippen molar-refractivity contribution < 1.29 is 9.53 Å². The molecule has 1 aliphatic carbocycles. The summed E-state index contributed by atoms with van der Waals surface area (Å²) in [4.78, 5) is 16.8. The fourth-order valence-corrected chi connectivity index (χ4v) is 3.39. The Balaban J connectivity index is 2.00. The van der Waals surface area contributed by atoms with Gasteiger partial charge in [0.05, 0.1) is 17.9 Å². The van der Waals surface area contributed by atoms with Crippen LogP contribution in [-0.2, 0) is 9.53 Å². The molecule has 0 saturated heterocycles. The second kappa shape index (κ2) is 7.31. The van der Waals surface area contributed by atoms with E-state index < -0.39 is 10.4 Å². The quantitative estimate of drug-likeness (QED) is 0.420. The predicted molar refractivity (Wildman–Crippen MR) is 99.8 cm³/mol. The van der Waals surface area contributed by atoms with Crippen molar-refractivity contribution in [2.75, 3.05) is 6.61 Å². The second-order valence-electron chi connectivity index (χ2n) is 5.91. The molecule has 4 heteroatoms. The summed E-state index contributed by atoms with van der Waals surface area (Å²) in [6.07, 6.45) is 1.76. The van der Waals surface area contributed by atoms with Crippen molar-refractivity contribution in [3.05, 3.63) is 71.8 Å². The molecule has 0 aromatic heterocycles. The van der Waals surface area contributed by atoms with E-state index in [9.17, 15) is 4.79 Å². The number of hydrogen-bond acceptors (Lipinski definition) is 3. The second-order valence-corrected chi connectivity index (χ2v) is 6.83. The van der Waals surface area contributed by atoms with E-state index in [-0.39, 0.29) is 5.97 Å². The maximum absolute atomic E-state index is 12.1. The van der Waals surface area contributed by atoms with Crippen LogP contribution in [0.2, 0.25) is 0 Å². The lowest BCUT2D eigenvalue weighted by atomic mass is 10.0. The van der Waals surface area contributed by atoms with Gasteiger partial charge in [0, 0.05) is 11.1 Å². The molecule has 3 rings (SSSR count). The van der Waals surface area contributed by atoms with E-state index in [1.165, 1.54) is 0 Å². The number of aliphatic imine (C=N–C) groups is 1. The summed E-state index contributed by atoms with van der Waals surface area (Å²) in [6, 6.07) is 20.2. The summed E-state index contributed by atoms with van der Waals surface area (Å²) in [5, 5.41) is 0. The lowest BCUT2D eigenvalue weighted by molar-refractivity contribution is -0.142. The van der Waals surface area contributed by atoms with Crippen LogP contribution in [0.4, 0.5) is 0 Å². The third-order valence-electron chi connectivity index (χ3n) is 4.16. The van der Waals surface area contributed by atoms with Crippen molar-refractivity contribution >= 4 is 27.6 Å². The van der Waals surface area contributed by atoms with Crippen molar-refractivity contribution in [1.29, 1.82) is 0 Å². The molecule has 1 saturated carbocycles. The zero-order chi connectivity index (χ0) is 17.0. The Bertz CT molecular complexity index is 682. The SMILES string of the molecule is CCOC(=O)C(Br)C1(N=C(c2ccccc2)c2ccccc2)CC1. The highest BCUT2D eigenvalue weighted by molar-refractivity contribution is 9.10. The van der Waals surface area contributed by atoms with E-state index in [0.29, 0.717) is 6.61 Å². The minimum Gasteiger partial charge on any atom is -0.465 e. The highest BCUT2D eigenvalue weighted by Gasteiger charge is 2.52. The number of carbonyl (C=O) groups is 1. The molecule has 124 valence electrons. The fourth-order valence-electron chi connectivity index (χ4n) is 2.70. The fraction of sp³-hybridized carbons (Fsp3) is 0.300. The maximum atomic E-state index is 12.1. The maximum Gasteiger partial charge on any atom is 0.322 e. The molecule has 2 aromatic carbocycles. The van der Waals surface area contributed by atoms with Crippen LogP contribution in [0.1, 0.15) is 30.9 Å². The smallest absolute Gasteiger partial charge is 0.322 e. The number of ether oxygens (including phenoxy) is 1. The molecule has 0 bridgehead atoms. The van der Waals surface area contributed by atoms with Crippen molar-refractivity contribution in [3.63, 3.8) is 0 Å². The minimum absolute atomic E-state index is 0.237. The van der Waals surface area contributed by atoms with Gasteiger partial charge in [-0.25, -0.2) is 0 Å². The van der Waals surface area contributed by atoms with Crippen molar-refractivity contribution in [3.8, 4) is 0 Å². The van der Waals surface area contributed by atoms with Gasteiger partial charge in [-0.2, -0.15) is 0 Å². The predicted octanol–water partition coefficient (Wildman–Crippen LogP) is 4.38. The zero-order valence-corrected chi connectivity index (χ0v) is 15.2. The first kappa shape index (κ1) is 16.9. The molecular weight excluding hydrogens is 366 g/mol. The molecule has 1 aliphatic rings. The highest BCUT2D eigenvalue weighted by atomic mass is 79.9. The molecule has 0 spiro atoms. The third-order valence-corrected chi connectivity index (χ3v) is 5.38. The van der Waals surface area contributed by atoms with Crippen LogP contribution in [0.3, 0.4) is 0 Å². The molecule has 0 amide bonds. The Kier molecular flexibility index (Phi) is 5.14. The Morgan fingerprint density at radius 3 is 2.00 bits per heavy atom. The minimum atomic E-state index is -0.410. The van der Waals surface area contributed by atoms with Gasteiger partial charge in [0.1, 0.15) is 4.83 Å². The third kappa shape index (κ3) is 3.59. The summed E-state index contributed by atoms with van der Waals surface area (Å²) in [6.45, 7) is 2.20. The number of alkyl halides is 1. The van der Waals surface area contributed by atoms with Gasteiger partial charge in [-0.15, -0.1) is 0 Å². The number of carbonyl (C=O) groups excluding carboxylic acids is 1. The molecule has 0 N–H and O–H groups in total. The van der Waals surface area contributed by atoms with Gasteiger partial charge >= 0.3 is 5.97 Å². The van der Waals surface area contributed by atoms with Crippen LogP contribution < -0.4 is 0 Å². The Labute approximate surface area is 150 Å². The molecule has 24 heavy (non-hydrogen) atoms. The topological polar surface area (TPSA) is 38.7 Å². The molecular formula is C20H20BrNO2. The molecule has 1 atom stereocenters. The van der Waals surface area contributed by atoms with Gasteiger partial charge in [-0.3, -0.25) is 9.79 Å². The van der Waals surface area contributed by atoms with Crippen LogP contribution in [0.15, 0.2) is 65.7 Å². The molecule has 2 aromatic rings. The average Bonchev–Trinajstić information content (AvgIpc) is 3.42. The number of esters is 1. The summed E-state index contributed by atoms with van der Waals surface area (Å²) >= 11 is 3.52. The van der Waals surface area contributed by atoms with Crippen LogP contribution >= 0.6 is 15.9 Å². The van der Waals surface area contributed by atoms with E-state index in [2.05, 4.69) is 40.2 Å². The van der Waals surface area contributed by atoms with E-state index in [4.69, 9.17) is 9.73 Å². The van der Waals surface area contributed by atoms with Gasteiger partial charge in [0.25, 0.3) is 0 Å². The van der Waals surface area contributed by atoms with Crippen LogP contribution in [-0.4, -0.2) is 28.7 Å². The lowest BCUT2D eigenvalue weighted by Crippen LogP contribution is -2.32. The van der Waals surface area contributed by atoms with Crippen molar-refractivity contribution in [1.82, 2.24) is 0 Å². The van der Waals surface area contributed by atoms with Gasteiger partial charge in [-0.1, -0.05) is 76.6 Å². The summed E-state index contributed by atoms with van der Waals surface area (Å²) in [5.74, 6) is -0.237. The number of halogens is 1. The standard InChI is InChI=1S/C20H20BrNO2/c1-2-24-19(23)18(21)20(13-14-20)22-17(15-9-5-3-6-10-15)16-11-7-4-8-12-16/h3-12,18H,2,13-14H2,1H3. The monoisotopic (exact) mass is 385 g/mol. The van der Waals surface area contributed by atoms with E-state index in [1.54, 1.807) is 0 Å². The Hall–Kier alpha value is -1.94. The first-order chi connectivity index (χ1) is 11.7. The molecule has 1 fully saturated rings. The zero-order valence-electron chi connectivity index (χ0n) is 13.6. The van der Waals surface area contributed by atoms with Crippen LogP contribution in [0.25, 0.3) is 0 Å². The average molecular weight is 386 g/mol. The molecule has 1 unspecified atom stereocenters. The van der Waals surface area contributed by atoms with E-state index in [1.807, 2.05) is 43.3 Å². The Morgan fingerprint density at radius 1 is 1.08 bits per heavy atom. The summed E-state index contributed by atoms with van der Waals surface area (Å²) in [5.41, 5.74) is 2.62. The lowest BCUT2D eigenvalue weighted by Gasteiger charge is -2.19. The molecule has 0 aliphatic heterocycles. The molecule has 0 heterocycles. The van der Waals surface area contributed by atoms with Gasteiger partial charge in [-0.05, 0) is 19.8 Å². The molecule has 3 nitrogen and oxygen atoms in total. The summed E-state index contributed by atoms with van der Waals surface area (Å²) in [7, 11) is 0. The van der Waals surface area contributed by atoms with Crippen LogP contribution in [0, 0.1) is 0 Å². The summed E-state index contributed by atoms with van der Waals surface area (Å²) < 4.78 is 5.17. The first-order valence-corrected chi connectivity index (χ1v) is 9.09. The van der Waals surface area contributed by atoms with E-state index >= 15 is 0 Å².